The third-order valence-electron chi connectivity index (χ3n) is 10.8. The molecule has 1 aliphatic carbocycles. The van der Waals surface area contributed by atoms with Gasteiger partial charge in [0, 0.05) is 63.0 Å². The lowest BCUT2D eigenvalue weighted by molar-refractivity contribution is -0.157. The molecule has 1 heterocycles. The number of amides is 3. The predicted octanol–water partition coefficient (Wildman–Crippen LogP) is 8.52. The van der Waals surface area contributed by atoms with Crippen molar-refractivity contribution < 1.29 is 47.7 Å². The van der Waals surface area contributed by atoms with E-state index in [4.69, 9.17) is 28.5 Å². The monoisotopic (exact) mass is 793 g/mol. The molecule has 1 saturated heterocycles. The zero-order valence-corrected chi connectivity index (χ0v) is 35.6. The highest BCUT2D eigenvalue weighted by Gasteiger charge is 2.34. The summed E-state index contributed by atoms with van der Waals surface area (Å²) in [6.45, 7) is 20.9. The topological polar surface area (TPSA) is 151 Å². The first-order valence-electron chi connectivity index (χ1n) is 19.7. The van der Waals surface area contributed by atoms with Crippen LogP contribution >= 0.6 is 0 Å². The summed E-state index contributed by atoms with van der Waals surface area (Å²) in [6.07, 6.45) is 2.27. The van der Waals surface area contributed by atoms with E-state index >= 15 is 0 Å². The van der Waals surface area contributed by atoms with Crippen molar-refractivity contribution in [3.8, 4) is 11.1 Å². The summed E-state index contributed by atoms with van der Waals surface area (Å²) in [4.78, 5) is 57.1. The minimum atomic E-state index is -1.04. The molecule has 2 N–H and O–H groups in total. The first-order chi connectivity index (χ1) is 26.7. The fraction of sp³-hybridized carbons (Fsp3) is 0.591. The highest BCUT2D eigenvalue weighted by molar-refractivity contribution is 5.96. The molecule has 13 heteroatoms. The number of hydrogen-bond donors (Lipinski definition) is 2. The van der Waals surface area contributed by atoms with Gasteiger partial charge in [0.2, 0.25) is 11.8 Å². The van der Waals surface area contributed by atoms with Gasteiger partial charge < -0.3 is 34.3 Å². The number of nitrogens with zero attached hydrogens (tertiary/aromatic N) is 1. The molecule has 0 spiro atoms. The summed E-state index contributed by atoms with van der Waals surface area (Å²) in [5, 5.41) is 6.97. The number of allylic oxidation sites excluding steroid dienone is 1. The van der Waals surface area contributed by atoms with Crippen LogP contribution < -0.4 is 10.6 Å². The van der Waals surface area contributed by atoms with Crippen LogP contribution in [0.1, 0.15) is 117 Å². The SMILES string of the molecule is C=C1CCC(=O)N1OC(=O)OCC1c2cc(NC(=O)CCC(C)(C)OCCC(C)(C)OC)ccc2-c2ccc(NC(=O)C(C)(C)CCOC(C)(C)CCOC)cc21. The number of hydroxylamine groups is 2. The molecule has 57 heavy (non-hydrogen) atoms. The Morgan fingerprint density at radius 1 is 0.754 bits per heavy atom. The summed E-state index contributed by atoms with van der Waals surface area (Å²) in [7, 11) is 3.34. The second kappa shape index (κ2) is 19.0. The third-order valence-corrected chi connectivity index (χ3v) is 10.8. The average molecular weight is 794 g/mol. The Balaban J connectivity index is 1.48. The molecule has 1 fully saturated rings. The van der Waals surface area contributed by atoms with Crippen LogP contribution in [0.5, 0.6) is 0 Å². The molecule has 0 bridgehead atoms. The zero-order valence-electron chi connectivity index (χ0n) is 35.6. The molecular formula is C44H63N3O10. The lowest BCUT2D eigenvalue weighted by Crippen LogP contribution is -2.34. The van der Waals surface area contributed by atoms with Crippen molar-refractivity contribution in [3.63, 3.8) is 0 Å². The van der Waals surface area contributed by atoms with Gasteiger partial charge in [-0.05, 0) is 120 Å². The summed E-state index contributed by atoms with van der Waals surface area (Å²) in [5.74, 6) is -1.18. The average Bonchev–Trinajstić information content (AvgIpc) is 3.62. The van der Waals surface area contributed by atoms with Crippen molar-refractivity contribution in [2.75, 3.05) is 51.3 Å². The zero-order chi connectivity index (χ0) is 42.2. The van der Waals surface area contributed by atoms with Gasteiger partial charge in [-0.15, -0.1) is 5.06 Å². The fourth-order valence-electron chi connectivity index (χ4n) is 6.50. The Morgan fingerprint density at radius 3 is 1.88 bits per heavy atom. The van der Waals surface area contributed by atoms with Gasteiger partial charge in [0.05, 0.1) is 29.1 Å². The van der Waals surface area contributed by atoms with E-state index in [0.717, 1.165) is 40.2 Å². The molecule has 1 atom stereocenters. The second-order valence-corrected chi connectivity index (χ2v) is 17.4. The largest absolute Gasteiger partial charge is 0.533 e. The van der Waals surface area contributed by atoms with Crippen LogP contribution in [-0.2, 0) is 42.9 Å². The van der Waals surface area contributed by atoms with E-state index in [2.05, 4.69) is 17.2 Å². The van der Waals surface area contributed by atoms with E-state index in [1.807, 2.05) is 91.8 Å². The molecule has 13 nitrogen and oxygen atoms in total. The van der Waals surface area contributed by atoms with Crippen LogP contribution in [0, 0.1) is 5.41 Å². The molecule has 2 aromatic carbocycles. The number of methoxy groups -OCH3 is 2. The van der Waals surface area contributed by atoms with Crippen molar-refractivity contribution in [2.24, 2.45) is 5.41 Å². The van der Waals surface area contributed by atoms with Crippen molar-refractivity contribution in [1.29, 1.82) is 0 Å². The van der Waals surface area contributed by atoms with Crippen molar-refractivity contribution in [3.05, 3.63) is 59.8 Å². The Hall–Kier alpha value is -4.30. The minimum absolute atomic E-state index is 0.130. The number of anilines is 2. The quantitative estimate of drug-likeness (QED) is 0.118. The van der Waals surface area contributed by atoms with Gasteiger partial charge in [-0.1, -0.05) is 32.6 Å². The number of rotatable bonds is 21. The maximum atomic E-state index is 13.6. The van der Waals surface area contributed by atoms with Gasteiger partial charge in [0.15, 0.2) is 0 Å². The highest BCUT2D eigenvalue weighted by atomic mass is 16.8. The molecule has 2 aliphatic rings. The van der Waals surface area contributed by atoms with Gasteiger partial charge in [-0.2, -0.15) is 0 Å². The lowest BCUT2D eigenvalue weighted by atomic mass is 9.88. The molecule has 1 aliphatic heterocycles. The van der Waals surface area contributed by atoms with E-state index in [0.29, 0.717) is 56.2 Å². The molecule has 2 aromatic rings. The standard InChI is InChI=1S/C44H63N3O10/c1-29-12-17-38(49)47(29)57-40(51)54-28-36-34-26-30(45-37(48)18-19-43(6,7)56-25-22-42(4,5)53-11)13-15-32(34)33-16-14-31(27-35(33)36)46-39(50)41(2,3)20-24-55-44(8,9)21-23-52-10/h13-16,26-27,36H,1,12,17-25,28H2,2-11H3,(H,45,48)(H,46,50). The second-order valence-electron chi connectivity index (χ2n) is 17.4. The van der Waals surface area contributed by atoms with Crippen LogP contribution in [0.3, 0.4) is 0 Å². The van der Waals surface area contributed by atoms with Crippen molar-refractivity contribution >= 4 is 35.3 Å². The van der Waals surface area contributed by atoms with Crippen molar-refractivity contribution in [1.82, 2.24) is 5.06 Å². The van der Waals surface area contributed by atoms with Gasteiger partial charge in [0.1, 0.15) is 6.61 Å². The highest BCUT2D eigenvalue weighted by Crippen LogP contribution is 2.47. The third kappa shape index (κ3) is 12.8. The van der Waals surface area contributed by atoms with Crippen LogP contribution in [0.4, 0.5) is 16.2 Å². The number of fused-ring (bicyclic) bond motifs is 3. The molecule has 0 aromatic heterocycles. The van der Waals surface area contributed by atoms with Gasteiger partial charge in [-0.3, -0.25) is 19.2 Å². The minimum Gasteiger partial charge on any atom is -0.432 e. The Bertz CT molecular complexity index is 1770. The summed E-state index contributed by atoms with van der Waals surface area (Å²) < 4.78 is 28.5. The molecule has 4 rings (SSSR count). The van der Waals surface area contributed by atoms with E-state index in [9.17, 15) is 19.2 Å². The van der Waals surface area contributed by atoms with E-state index in [1.54, 1.807) is 14.2 Å². The first-order valence-corrected chi connectivity index (χ1v) is 19.7. The van der Waals surface area contributed by atoms with Gasteiger partial charge in [-0.25, -0.2) is 4.79 Å². The van der Waals surface area contributed by atoms with Gasteiger partial charge in [0.25, 0.3) is 5.91 Å². The molecular weight excluding hydrogens is 730 g/mol. The Kier molecular flexibility index (Phi) is 15.1. The molecule has 1 unspecified atom stereocenters. The number of hydrogen-bond acceptors (Lipinski definition) is 10. The predicted molar refractivity (Wildman–Crippen MR) is 219 cm³/mol. The Morgan fingerprint density at radius 2 is 1.32 bits per heavy atom. The van der Waals surface area contributed by atoms with Gasteiger partial charge >= 0.3 is 6.16 Å². The number of benzene rings is 2. The van der Waals surface area contributed by atoms with Crippen LogP contribution in [0.25, 0.3) is 11.1 Å². The number of nitrogens with one attached hydrogen (secondary N) is 2. The van der Waals surface area contributed by atoms with Crippen LogP contribution in [0.15, 0.2) is 48.7 Å². The number of carbonyl (C=O) groups excluding carboxylic acids is 4. The van der Waals surface area contributed by atoms with E-state index < -0.39 is 23.1 Å². The fourth-order valence-corrected chi connectivity index (χ4v) is 6.50. The van der Waals surface area contributed by atoms with E-state index in [1.165, 1.54) is 0 Å². The lowest BCUT2D eigenvalue weighted by Gasteiger charge is -2.29. The smallest absolute Gasteiger partial charge is 0.432 e. The summed E-state index contributed by atoms with van der Waals surface area (Å²) in [5.41, 5.74) is 3.04. The maximum absolute atomic E-state index is 13.6. The van der Waals surface area contributed by atoms with Crippen LogP contribution in [-0.4, -0.2) is 86.4 Å². The summed E-state index contributed by atoms with van der Waals surface area (Å²) >= 11 is 0. The number of ether oxygens (including phenoxy) is 5. The van der Waals surface area contributed by atoms with Crippen molar-refractivity contribution in [2.45, 2.75) is 123 Å². The first kappa shape index (κ1) is 45.4. The van der Waals surface area contributed by atoms with E-state index in [-0.39, 0.29) is 48.4 Å². The van der Waals surface area contributed by atoms with Crippen LogP contribution in [0.2, 0.25) is 0 Å². The summed E-state index contributed by atoms with van der Waals surface area (Å²) in [6, 6.07) is 11.3. The molecule has 0 saturated carbocycles. The molecule has 3 amide bonds. The number of carbonyl (C=O) groups is 4. The molecule has 314 valence electrons. The normalized spacial score (nSPS) is 15.7. The Labute approximate surface area is 338 Å². The maximum Gasteiger partial charge on any atom is 0.533 e. The molecule has 0 radical (unpaired) electrons.